The largest absolute Gasteiger partial charge is 0.347 e. The molecule has 0 saturated carbocycles. The number of carbonyl (C=O) groups excluding carboxylic acids is 2. The van der Waals surface area contributed by atoms with E-state index in [1.54, 1.807) is 36.4 Å². The van der Waals surface area contributed by atoms with Crippen LogP contribution in [-0.4, -0.2) is 27.1 Å². The monoisotopic (exact) mass is 875 g/mol. The zero-order valence-corrected chi connectivity index (χ0v) is 37.8. The fourth-order valence-electron chi connectivity index (χ4n) is 7.11. The second-order valence-corrected chi connectivity index (χ2v) is 19.2. The standard InChI is InChI=1S/C44H57Cl4N5O3S/c1-7-8-9-10-11-12-13-14-15-16-17-22-37(54)49-30-23-24-32(46)35(27-30)50-40-39(42(56)53(52-40)38-33(47)25-29(45)26-34(38)48)57-36-21-19-18-20-31(36)41(55)51-44(5,6)28-43(2,3)4/h18-21,23-27,50,52H,7-17,22,28H2,1-6H3,(H,49,54)(H,51,55). The van der Waals surface area contributed by atoms with E-state index in [9.17, 15) is 14.4 Å². The Hall–Kier alpha value is -3.08. The van der Waals surface area contributed by atoms with Crippen molar-refractivity contribution in [3.8, 4) is 5.69 Å². The molecule has 0 radical (unpaired) electrons. The molecule has 0 spiro atoms. The molecule has 0 aliphatic rings. The molecule has 0 atom stereocenters. The summed E-state index contributed by atoms with van der Waals surface area (Å²) in [5.41, 5.74) is 0.603. The van der Waals surface area contributed by atoms with Crippen LogP contribution in [0.25, 0.3) is 5.69 Å². The summed E-state index contributed by atoms with van der Waals surface area (Å²) in [6, 6.07) is 15.2. The maximum Gasteiger partial charge on any atom is 0.287 e. The van der Waals surface area contributed by atoms with Crippen molar-refractivity contribution < 1.29 is 9.59 Å². The van der Waals surface area contributed by atoms with E-state index in [-0.39, 0.29) is 43.7 Å². The summed E-state index contributed by atoms with van der Waals surface area (Å²) >= 11 is 27.2. The Morgan fingerprint density at radius 3 is 1.98 bits per heavy atom. The molecule has 0 aliphatic carbocycles. The number of aromatic nitrogens is 2. The number of hydrogen-bond donors (Lipinski definition) is 4. The number of hydrogen-bond acceptors (Lipinski definition) is 5. The molecule has 310 valence electrons. The Labute approximate surface area is 362 Å². The van der Waals surface area contributed by atoms with Crippen LogP contribution in [0.3, 0.4) is 0 Å². The van der Waals surface area contributed by atoms with Gasteiger partial charge in [0, 0.05) is 27.6 Å². The molecule has 8 nitrogen and oxygen atoms in total. The first-order chi connectivity index (χ1) is 27.0. The van der Waals surface area contributed by atoms with Crippen molar-refractivity contribution in [1.82, 2.24) is 15.1 Å². The Morgan fingerprint density at radius 2 is 1.37 bits per heavy atom. The zero-order valence-electron chi connectivity index (χ0n) is 34.0. The van der Waals surface area contributed by atoms with Gasteiger partial charge in [-0.15, -0.1) is 0 Å². The highest BCUT2D eigenvalue weighted by Crippen LogP contribution is 2.39. The number of carbonyl (C=O) groups is 2. The molecule has 0 fully saturated rings. The van der Waals surface area contributed by atoms with Crippen LogP contribution in [0.4, 0.5) is 17.2 Å². The maximum absolute atomic E-state index is 14.3. The van der Waals surface area contributed by atoms with Gasteiger partial charge in [-0.3, -0.25) is 19.5 Å². The molecule has 1 aromatic heterocycles. The summed E-state index contributed by atoms with van der Waals surface area (Å²) in [7, 11) is 0. The predicted octanol–water partition coefficient (Wildman–Crippen LogP) is 14.3. The van der Waals surface area contributed by atoms with E-state index in [4.69, 9.17) is 46.4 Å². The Morgan fingerprint density at radius 1 is 0.772 bits per heavy atom. The number of H-pyrrole nitrogens is 1. The molecule has 0 aliphatic heterocycles. The van der Waals surface area contributed by atoms with Crippen LogP contribution in [0.15, 0.2) is 69.2 Å². The fourth-order valence-corrected chi connectivity index (χ4v) is 9.28. The first-order valence-corrected chi connectivity index (χ1v) is 22.3. The first-order valence-electron chi connectivity index (χ1n) is 19.9. The summed E-state index contributed by atoms with van der Waals surface area (Å²) in [6.07, 6.45) is 14.5. The SMILES string of the molecule is CCCCCCCCCCCCCC(=O)Nc1ccc(Cl)c(Nc2[nH]n(-c3c(Cl)cc(Cl)cc3Cl)c(=O)c2Sc2ccccc2C(=O)NC(C)(C)CC(C)(C)C)c1. The molecule has 4 aromatic rings. The van der Waals surface area contributed by atoms with Crippen LogP contribution in [0.1, 0.15) is 135 Å². The van der Waals surface area contributed by atoms with Crippen LogP contribution in [0, 0.1) is 5.41 Å². The van der Waals surface area contributed by atoms with Crippen molar-refractivity contribution in [1.29, 1.82) is 0 Å². The van der Waals surface area contributed by atoms with Crippen LogP contribution in [0.5, 0.6) is 0 Å². The van der Waals surface area contributed by atoms with Crippen LogP contribution >= 0.6 is 58.2 Å². The van der Waals surface area contributed by atoms with E-state index >= 15 is 0 Å². The van der Waals surface area contributed by atoms with Gasteiger partial charge in [-0.1, -0.05) is 162 Å². The van der Waals surface area contributed by atoms with E-state index in [1.807, 2.05) is 19.9 Å². The lowest BCUT2D eigenvalue weighted by Gasteiger charge is -2.33. The third-order valence-corrected chi connectivity index (χ3v) is 11.6. The van der Waals surface area contributed by atoms with Crippen molar-refractivity contribution in [3.63, 3.8) is 0 Å². The minimum Gasteiger partial charge on any atom is -0.347 e. The molecule has 57 heavy (non-hydrogen) atoms. The minimum atomic E-state index is -0.493. The van der Waals surface area contributed by atoms with Gasteiger partial charge in [-0.05, 0) is 74.6 Å². The number of rotatable bonds is 21. The number of nitrogens with zero attached hydrogens (tertiary/aromatic N) is 1. The van der Waals surface area contributed by atoms with E-state index in [0.29, 0.717) is 38.3 Å². The number of nitrogens with one attached hydrogen (secondary N) is 4. The van der Waals surface area contributed by atoms with E-state index in [1.165, 1.54) is 68.2 Å². The number of benzene rings is 3. The van der Waals surface area contributed by atoms with Gasteiger partial charge in [0.2, 0.25) is 5.91 Å². The second kappa shape index (κ2) is 21.8. The van der Waals surface area contributed by atoms with Crippen LogP contribution < -0.4 is 21.5 Å². The minimum absolute atomic E-state index is 0.0140. The quantitative estimate of drug-likeness (QED) is 0.0624. The number of anilines is 3. The maximum atomic E-state index is 14.3. The Kier molecular flexibility index (Phi) is 17.8. The first kappa shape index (κ1) is 46.6. The fraction of sp³-hybridized carbons (Fsp3) is 0.477. The van der Waals surface area contributed by atoms with Crippen molar-refractivity contribution in [2.24, 2.45) is 5.41 Å². The molecule has 1 heterocycles. The summed E-state index contributed by atoms with van der Waals surface area (Å²) in [5, 5.41) is 13.5. The molecular weight excluding hydrogens is 820 g/mol. The Bertz CT molecular complexity index is 2020. The number of aromatic amines is 1. The number of halogens is 4. The predicted molar refractivity (Wildman–Crippen MR) is 242 cm³/mol. The second-order valence-electron chi connectivity index (χ2n) is 16.5. The third kappa shape index (κ3) is 14.6. The molecule has 0 bridgehead atoms. The molecule has 4 N–H and O–H groups in total. The highest BCUT2D eigenvalue weighted by Gasteiger charge is 2.29. The number of unbranched alkanes of at least 4 members (excludes halogenated alkanes) is 10. The van der Waals surface area contributed by atoms with Gasteiger partial charge in [0.15, 0.2) is 0 Å². The summed E-state index contributed by atoms with van der Waals surface area (Å²) in [4.78, 5) is 41.8. The van der Waals surface area contributed by atoms with Gasteiger partial charge in [0.1, 0.15) is 16.4 Å². The summed E-state index contributed by atoms with van der Waals surface area (Å²) < 4.78 is 1.23. The van der Waals surface area contributed by atoms with Crippen LogP contribution in [0.2, 0.25) is 20.1 Å². The van der Waals surface area contributed by atoms with Gasteiger partial charge in [0.25, 0.3) is 11.5 Å². The topological polar surface area (TPSA) is 108 Å². The summed E-state index contributed by atoms with van der Waals surface area (Å²) in [6.45, 7) is 12.6. The van der Waals surface area contributed by atoms with E-state index in [2.05, 4.69) is 48.7 Å². The molecule has 4 rings (SSSR count). The van der Waals surface area contributed by atoms with E-state index < -0.39 is 11.1 Å². The average Bonchev–Trinajstić information content (AvgIpc) is 3.40. The Balaban J connectivity index is 1.55. The lowest BCUT2D eigenvalue weighted by Crippen LogP contribution is -2.45. The van der Waals surface area contributed by atoms with Gasteiger partial charge in [-0.25, -0.2) is 4.68 Å². The smallest absolute Gasteiger partial charge is 0.287 e. The summed E-state index contributed by atoms with van der Waals surface area (Å²) in [5.74, 6) is -0.0783. The highest BCUT2D eigenvalue weighted by atomic mass is 35.5. The van der Waals surface area contributed by atoms with Gasteiger partial charge in [0.05, 0.1) is 26.3 Å². The lowest BCUT2D eigenvalue weighted by atomic mass is 9.81. The van der Waals surface area contributed by atoms with Gasteiger partial charge in [-0.2, -0.15) is 0 Å². The molecule has 2 amide bonds. The molecule has 13 heteroatoms. The zero-order chi connectivity index (χ0) is 41.8. The van der Waals surface area contributed by atoms with Gasteiger partial charge < -0.3 is 16.0 Å². The van der Waals surface area contributed by atoms with E-state index in [0.717, 1.165) is 37.4 Å². The van der Waals surface area contributed by atoms with Crippen molar-refractivity contribution in [2.75, 3.05) is 10.6 Å². The third-order valence-electron chi connectivity index (χ3n) is 9.34. The number of amides is 2. The van der Waals surface area contributed by atoms with Crippen molar-refractivity contribution in [3.05, 3.63) is 90.6 Å². The lowest BCUT2D eigenvalue weighted by molar-refractivity contribution is -0.116. The van der Waals surface area contributed by atoms with Gasteiger partial charge >= 0.3 is 0 Å². The molecule has 0 unspecified atom stereocenters. The molecular formula is C44H57Cl4N5O3S. The molecule has 3 aromatic carbocycles. The average molecular weight is 878 g/mol. The van der Waals surface area contributed by atoms with Crippen molar-refractivity contribution >= 4 is 87.2 Å². The molecule has 0 saturated heterocycles. The highest BCUT2D eigenvalue weighted by molar-refractivity contribution is 7.99. The normalized spacial score (nSPS) is 11.8. The van der Waals surface area contributed by atoms with Crippen molar-refractivity contribution in [2.45, 2.75) is 140 Å². The van der Waals surface area contributed by atoms with Crippen LogP contribution in [-0.2, 0) is 4.79 Å².